The van der Waals surface area contributed by atoms with E-state index in [-0.39, 0.29) is 23.8 Å². The number of hydrogen-bond acceptors (Lipinski definition) is 6. The third kappa shape index (κ3) is 5.26. The van der Waals surface area contributed by atoms with Crippen molar-refractivity contribution >= 4 is 30.3 Å². The number of carbonyl (C=O) groups excluding carboxylic acids is 2. The van der Waals surface area contributed by atoms with Gasteiger partial charge in [-0.15, -0.1) is 0 Å². The molecule has 0 saturated carbocycles. The van der Waals surface area contributed by atoms with Gasteiger partial charge in [-0.2, -0.15) is 0 Å². The number of methoxy groups -OCH3 is 1. The van der Waals surface area contributed by atoms with Gasteiger partial charge in [-0.05, 0) is 71.5 Å². The van der Waals surface area contributed by atoms with Gasteiger partial charge in [0.15, 0.2) is 23.1 Å². The number of phenols is 1. The van der Waals surface area contributed by atoms with E-state index in [1.54, 1.807) is 37.4 Å². The van der Waals surface area contributed by atoms with Gasteiger partial charge in [-0.25, -0.2) is 4.39 Å². The molecule has 3 aromatic carbocycles. The molecule has 42 heavy (non-hydrogen) atoms. The van der Waals surface area contributed by atoms with Gasteiger partial charge in [0.05, 0.1) is 12.7 Å². The van der Waals surface area contributed by atoms with E-state index in [1.165, 1.54) is 12.1 Å². The fourth-order valence-corrected chi connectivity index (χ4v) is 7.03. The van der Waals surface area contributed by atoms with Crippen molar-refractivity contribution in [2.24, 2.45) is 17.8 Å². The highest BCUT2D eigenvalue weighted by Crippen LogP contribution is 2.51. The number of ketones is 2. The van der Waals surface area contributed by atoms with Gasteiger partial charge in [-0.1, -0.05) is 66.7 Å². The van der Waals surface area contributed by atoms with E-state index in [1.807, 2.05) is 36.4 Å². The highest BCUT2D eigenvalue weighted by atomic mass is 19.1. The van der Waals surface area contributed by atoms with Gasteiger partial charge >= 0.3 is 7.12 Å². The summed E-state index contributed by atoms with van der Waals surface area (Å²) in [5.41, 5.74) is 5.32. The Balaban J connectivity index is 1.36. The number of rotatable bonds is 7. The number of fused-ring (bicyclic) bond motifs is 4. The van der Waals surface area contributed by atoms with Crippen LogP contribution in [0.5, 0.6) is 5.75 Å². The van der Waals surface area contributed by atoms with Crippen LogP contribution in [0.15, 0.2) is 83.9 Å². The molecule has 1 fully saturated rings. The molecule has 1 saturated heterocycles. The first-order valence-corrected chi connectivity index (χ1v) is 14.3. The number of carbonyl (C=O) groups is 2. The zero-order chi connectivity index (χ0) is 29.4. The first-order valence-electron chi connectivity index (χ1n) is 14.3. The summed E-state index contributed by atoms with van der Waals surface area (Å²) >= 11 is 0. The molecule has 6 nitrogen and oxygen atoms in total. The number of allylic oxidation sites excluding steroid dienone is 1. The Bertz CT molecular complexity index is 1580. The molecule has 0 aromatic heterocycles. The second-order valence-electron chi connectivity index (χ2n) is 11.3. The van der Waals surface area contributed by atoms with Crippen LogP contribution < -0.4 is 0 Å². The number of benzene rings is 3. The van der Waals surface area contributed by atoms with Crippen molar-refractivity contribution in [3.8, 4) is 5.75 Å². The minimum Gasteiger partial charge on any atom is -0.505 e. The molecule has 2 aliphatic carbocycles. The number of aromatic hydroxyl groups is 1. The molecule has 8 heteroatoms. The first-order chi connectivity index (χ1) is 20.4. The molecular formula is C34H32BFO6. The van der Waals surface area contributed by atoms with E-state index in [9.17, 15) is 24.1 Å². The summed E-state index contributed by atoms with van der Waals surface area (Å²) in [6.45, 7) is 0.308. The fourth-order valence-electron chi connectivity index (χ4n) is 7.03. The lowest BCUT2D eigenvalue weighted by atomic mass is 9.54. The second kappa shape index (κ2) is 11.8. The summed E-state index contributed by atoms with van der Waals surface area (Å²) in [4.78, 5) is 27.5. The summed E-state index contributed by atoms with van der Waals surface area (Å²) in [6.07, 6.45) is 3.06. The van der Waals surface area contributed by atoms with Crippen LogP contribution in [0.25, 0.3) is 11.6 Å². The quantitative estimate of drug-likeness (QED) is 0.207. The Kier molecular flexibility index (Phi) is 7.95. The topological polar surface area (TPSA) is 93.1 Å². The molecule has 2 N–H and O–H groups in total. The predicted octanol–water partition coefficient (Wildman–Crippen LogP) is 6.01. The summed E-state index contributed by atoms with van der Waals surface area (Å²) in [5.74, 6) is -2.60. The van der Waals surface area contributed by atoms with E-state index in [4.69, 9.17) is 9.39 Å². The third-order valence-electron chi connectivity index (χ3n) is 8.81. The SMILES string of the molecule is COCC1=C2[C@@H](CC/C(=C/c3ccc(O)c(F)c3)c3ccccc3)OB(O)C[C@@H]2[C@@H]2C(=O)c3ccccc3C(=O)[C@@H]2C1. The van der Waals surface area contributed by atoms with E-state index in [2.05, 4.69) is 0 Å². The number of ether oxygens (including phenoxy) is 1. The van der Waals surface area contributed by atoms with Crippen LogP contribution in [-0.2, 0) is 9.39 Å². The van der Waals surface area contributed by atoms with Crippen molar-refractivity contribution in [3.63, 3.8) is 0 Å². The van der Waals surface area contributed by atoms with Crippen molar-refractivity contribution in [1.29, 1.82) is 0 Å². The molecule has 0 bridgehead atoms. The van der Waals surface area contributed by atoms with Crippen LogP contribution in [0.2, 0.25) is 6.32 Å². The molecule has 4 atom stereocenters. The Labute approximate surface area is 244 Å². The maximum atomic E-state index is 14.1. The molecular weight excluding hydrogens is 534 g/mol. The summed E-state index contributed by atoms with van der Waals surface area (Å²) < 4.78 is 25.9. The van der Waals surface area contributed by atoms with E-state index >= 15 is 0 Å². The molecule has 3 aliphatic rings. The number of hydrogen-bond donors (Lipinski definition) is 2. The maximum absolute atomic E-state index is 14.1. The van der Waals surface area contributed by atoms with Crippen LogP contribution in [-0.4, -0.2) is 48.6 Å². The van der Waals surface area contributed by atoms with E-state index in [0.717, 1.165) is 22.3 Å². The summed E-state index contributed by atoms with van der Waals surface area (Å²) in [6, 6.07) is 21.0. The van der Waals surface area contributed by atoms with Crippen molar-refractivity contribution in [1.82, 2.24) is 0 Å². The third-order valence-corrected chi connectivity index (χ3v) is 8.81. The molecule has 0 spiro atoms. The Morgan fingerprint density at radius 1 is 1.02 bits per heavy atom. The van der Waals surface area contributed by atoms with Gasteiger partial charge in [0.1, 0.15) is 0 Å². The van der Waals surface area contributed by atoms with Crippen LogP contribution in [0.4, 0.5) is 4.39 Å². The molecule has 1 heterocycles. The highest BCUT2D eigenvalue weighted by molar-refractivity contribution is 6.43. The minimum absolute atomic E-state index is 0.0317. The Hall–Kier alpha value is -3.85. The number of phenolic OH excluding ortho intramolecular Hbond substituents is 1. The largest absolute Gasteiger partial charge is 0.505 e. The van der Waals surface area contributed by atoms with Crippen LogP contribution >= 0.6 is 0 Å². The second-order valence-corrected chi connectivity index (χ2v) is 11.3. The summed E-state index contributed by atoms with van der Waals surface area (Å²) in [7, 11) is 0.528. The number of Topliss-reactive ketones (excluding diaryl/α,β-unsaturated/α-hetero) is 2. The van der Waals surface area contributed by atoms with E-state index < -0.39 is 36.6 Å². The highest BCUT2D eigenvalue weighted by Gasteiger charge is 2.53. The Morgan fingerprint density at radius 2 is 1.74 bits per heavy atom. The maximum Gasteiger partial charge on any atom is 0.455 e. The first kappa shape index (κ1) is 28.3. The normalized spacial score (nSPS) is 23.9. The lowest BCUT2D eigenvalue weighted by Crippen LogP contribution is -2.51. The number of halogens is 1. The lowest BCUT2D eigenvalue weighted by Gasteiger charge is -2.47. The standard InChI is InChI=1S/C34H32BFO6/c1-41-19-23-17-26-32(34(39)25-10-6-5-9-24(25)33(26)38)27-18-35(40)42-30(31(23)27)14-12-22(21-7-3-2-4-8-21)15-20-11-13-29(37)28(36)16-20/h2-11,13,15-16,26-27,30,32,37,40H,12,14,17-19H2,1H3/b22-15-/t26-,27+,30-,32-/m1/s1. The monoisotopic (exact) mass is 566 g/mol. The van der Waals surface area contributed by atoms with Crippen LogP contribution in [0.3, 0.4) is 0 Å². The average molecular weight is 566 g/mol. The lowest BCUT2D eigenvalue weighted by molar-refractivity contribution is 0.0585. The molecule has 0 amide bonds. The van der Waals surface area contributed by atoms with Gasteiger partial charge in [-0.3, -0.25) is 9.59 Å². The zero-order valence-corrected chi connectivity index (χ0v) is 23.3. The predicted molar refractivity (Wildman–Crippen MR) is 158 cm³/mol. The smallest absolute Gasteiger partial charge is 0.455 e. The minimum atomic E-state index is -1.08. The van der Waals surface area contributed by atoms with Gasteiger partial charge in [0, 0.05) is 30.1 Å². The van der Waals surface area contributed by atoms with Crippen LogP contribution in [0.1, 0.15) is 51.1 Å². The molecule has 1 aliphatic heterocycles. The zero-order valence-electron chi connectivity index (χ0n) is 23.3. The Morgan fingerprint density at radius 3 is 2.45 bits per heavy atom. The van der Waals surface area contributed by atoms with Gasteiger partial charge < -0.3 is 19.5 Å². The van der Waals surface area contributed by atoms with Crippen molar-refractivity contribution in [2.75, 3.05) is 13.7 Å². The van der Waals surface area contributed by atoms with Crippen molar-refractivity contribution < 1.29 is 33.5 Å². The van der Waals surface area contributed by atoms with E-state index in [0.29, 0.717) is 42.6 Å². The van der Waals surface area contributed by atoms with Crippen LogP contribution in [0, 0.1) is 23.6 Å². The molecule has 214 valence electrons. The summed E-state index contributed by atoms with van der Waals surface area (Å²) in [5, 5.41) is 20.5. The van der Waals surface area contributed by atoms with Crippen molar-refractivity contribution in [2.45, 2.75) is 31.7 Å². The van der Waals surface area contributed by atoms with Gasteiger partial charge in [0.2, 0.25) is 0 Å². The molecule has 3 aromatic rings. The van der Waals surface area contributed by atoms with Gasteiger partial charge in [0.25, 0.3) is 0 Å². The van der Waals surface area contributed by atoms with Crippen molar-refractivity contribution in [3.05, 3.63) is 112 Å². The average Bonchev–Trinajstić information content (AvgIpc) is 3.00. The molecule has 0 unspecified atom stereocenters. The fraction of sp³-hybridized carbons (Fsp3) is 0.294. The molecule has 6 rings (SSSR count). The molecule has 0 radical (unpaired) electrons.